The molecule has 2 aromatic rings. The van der Waals surface area contributed by atoms with Gasteiger partial charge in [0.25, 0.3) is 5.91 Å². The predicted molar refractivity (Wildman–Crippen MR) is 94.1 cm³/mol. The number of carbonyl (C=O) groups is 1. The van der Waals surface area contributed by atoms with Crippen LogP contribution in [-0.2, 0) is 4.79 Å². The second-order valence-corrected chi connectivity index (χ2v) is 6.49. The highest BCUT2D eigenvalue weighted by Gasteiger charge is 2.13. The minimum Gasteiger partial charge on any atom is -0.484 e. The summed E-state index contributed by atoms with van der Waals surface area (Å²) in [5, 5.41) is 13.5. The maximum absolute atomic E-state index is 11.7. The summed E-state index contributed by atoms with van der Waals surface area (Å²) in [6.07, 6.45) is -0.920. The molecule has 2 rings (SSSR count). The minimum absolute atomic E-state index is 0.0316. The van der Waals surface area contributed by atoms with Crippen LogP contribution in [0.15, 0.2) is 46.9 Å². The lowest BCUT2D eigenvalue weighted by atomic mass is 10.1. The van der Waals surface area contributed by atoms with Crippen molar-refractivity contribution in [1.29, 1.82) is 0 Å². The third kappa shape index (κ3) is 5.70. The summed E-state index contributed by atoms with van der Waals surface area (Å²) in [4.78, 5) is 11.7. The molecule has 1 atom stereocenters. The number of aliphatic hydroxyl groups is 1. The normalized spacial score (nSPS) is 11.8. The molecule has 2 N–H and O–H groups in total. The monoisotopic (exact) mass is 417 g/mol. The zero-order valence-electron chi connectivity index (χ0n) is 11.9. The molecule has 0 aliphatic carbocycles. The molecule has 0 aliphatic rings. The van der Waals surface area contributed by atoms with E-state index >= 15 is 0 Å². The van der Waals surface area contributed by atoms with Crippen molar-refractivity contribution in [2.75, 3.05) is 13.2 Å². The number of rotatable bonds is 6. The highest BCUT2D eigenvalue weighted by atomic mass is 79.9. The van der Waals surface area contributed by atoms with Gasteiger partial charge in [-0.2, -0.15) is 0 Å². The highest BCUT2D eigenvalue weighted by Crippen LogP contribution is 2.25. The first kappa shape index (κ1) is 18.1. The molecule has 0 saturated heterocycles. The summed E-state index contributed by atoms with van der Waals surface area (Å²) in [6, 6.07) is 11.9. The zero-order chi connectivity index (χ0) is 16.8. The molecule has 1 amide bonds. The van der Waals surface area contributed by atoms with Crippen LogP contribution in [0.5, 0.6) is 5.75 Å². The van der Waals surface area contributed by atoms with Crippen LogP contribution in [0.2, 0.25) is 10.0 Å². The first-order valence-corrected chi connectivity index (χ1v) is 8.28. The van der Waals surface area contributed by atoms with Crippen molar-refractivity contribution in [2.45, 2.75) is 6.10 Å². The van der Waals surface area contributed by atoms with Crippen LogP contribution >= 0.6 is 39.1 Å². The molecule has 4 nitrogen and oxygen atoms in total. The smallest absolute Gasteiger partial charge is 0.258 e. The van der Waals surface area contributed by atoms with Crippen LogP contribution in [0.4, 0.5) is 0 Å². The molecule has 1 unspecified atom stereocenters. The first-order chi connectivity index (χ1) is 11.0. The lowest BCUT2D eigenvalue weighted by molar-refractivity contribution is -0.123. The fourth-order valence-electron chi connectivity index (χ4n) is 1.82. The second kappa shape index (κ2) is 8.55. The van der Waals surface area contributed by atoms with E-state index in [4.69, 9.17) is 27.9 Å². The van der Waals surface area contributed by atoms with Gasteiger partial charge in [-0.05, 0) is 36.4 Å². The van der Waals surface area contributed by atoms with E-state index in [0.29, 0.717) is 21.4 Å². The van der Waals surface area contributed by atoms with Crippen molar-refractivity contribution in [3.63, 3.8) is 0 Å². The molecule has 0 heterocycles. The van der Waals surface area contributed by atoms with E-state index in [1.165, 1.54) is 0 Å². The van der Waals surface area contributed by atoms with Crippen molar-refractivity contribution in [2.24, 2.45) is 0 Å². The summed E-state index contributed by atoms with van der Waals surface area (Å²) >= 11 is 15.1. The van der Waals surface area contributed by atoms with E-state index in [9.17, 15) is 9.90 Å². The van der Waals surface area contributed by atoms with E-state index in [1.54, 1.807) is 30.3 Å². The summed E-state index contributed by atoms with van der Waals surface area (Å²) < 4.78 is 6.27. The maximum atomic E-state index is 11.7. The highest BCUT2D eigenvalue weighted by molar-refractivity contribution is 9.10. The Balaban J connectivity index is 1.80. The topological polar surface area (TPSA) is 58.6 Å². The average Bonchev–Trinajstić information content (AvgIpc) is 2.52. The molecule has 7 heteroatoms. The Labute approximate surface area is 152 Å². The van der Waals surface area contributed by atoms with Gasteiger partial charge in [0.05, 0.1) is 6.10 Å². The average molecular weight is 419 g/mol. The molecule has 23 heavy (non-hydrogen) atoms. The van der Waals surface area contributed by atoms with Gasteiger partial charge in [0.2, 0.25) is 0 Å². The third-order valence-corrected chi connectivity index (χ3v) is 4.09. The fraction of sp³-hybridized carbons (Fsp3) is 0.188. The van der Waals surface area contributed by atoms with Gasteiger partial charge in [-0.1, -0.05) is 45.2 Å². The third-order valence-electron chi connectivity index (χ3n) is 3.00. The Kier molecular flexibility index (Phi) is 6.72. The molecule has 2 aromatic carbocycles. The van der Waals surface area contributed by atoms with Crippen molar-refractivity contribution >= 4 is 45.0 Å². The number of hydrogen-bond acceptors (Lipinski definition) is 3. The van der Waals surface area contributed by atoms with Crippen LogP contribution in [0.3, 0.4) is 0 Å². The van der Waals surface area contributed by atoms with Gasteiger partial charge in [-0.15, -0.1) is 0 Å². The molecule has 0 aliphatic heterocycles. The van der Waals surface area contributed by atoms with E-state index in [2.05, 4.69) is 21.2 Å². The fourth-order valence-corrected chi connectivity index (χ4v) is 2.62. The predicted octanol–water partition coefficient (Wildman–Crippen LogP) is 3.98. The molecular formula is C16H14BrCl2NO3. The van der Waals surface area contributed by atoms with E-state index < -0.39 is 6.10 Å². The van der Waals surface area contributed by atoms with E-state index in [-0.39, 0.29) is 19.1 Å². The summed E-state index contributed by atoms with van der Waals surface area (Å²) in [5.41, 5.74) is 0.505. The number of hydrogen-bond donors (Lipinski definition) is 2. The van der Waals surface area contributed by atoms with Gasteiger partial charge in [0, 0.05) is 26.6 Å². The number of amides is 1. The Morgan fingerprint density at radius 2 is 1.91 bits per heavy atom. The lowest BCUT2D eigenvalue weighted by Crippen LogP contribution is -2.32. The number of ether oxygens (including phenoxy) is 1. The van der Waals surface area contributed by atoms with Crippen LogP contribution < -0.4 is 10.1 Å². The van der Waals surface area contributed by atoms with E-state index in [1.807, 2.05) is 12.1 Å². The maximum Gasteiger partial charge on any atom is 0.258 e. The zero-order valence-corrected chi connectivity index (χ0v) is 15.0. The standard InChI is InChI=1S/C16H14BrCl2NO3/c17-10-1-4-12(5-2-10)23-9-16(22)20-8-15(21)13-6-3-11(18)7-14(13)19/h1-7,15,21H,8-9H2,(H,20,22). The number of halogens is 3. The number of aliphatic hydroxyl groups excluding tert-OH is 1. The molecule has 0 aromatic heterocycles. The largest absolute Gasteiger partial charge is 0.484 e. The van der Waals surface area contributed by atoms with Crippen molar-refractivity contribution in [3.8, 4) is 5.75 Å². The van der Waals surface area contributed by atoms with Crippen molar-refractivity contribution in [3.05, 3.63) is 62.5 Å². The van der Waals surface area contributed by atoms with Gasteiger partial charge in [0.15, 0.2) is 6.61 Å². The van der Waals surface area contributed by atoms with Crippen molar-refractivity contribution < 1.29 is 14.6 Å². The first-order valence-electron chi connectivity index (χ1n) is 6.74. The van der Waals surface area contributed by atoms with Crippen LogP contribution in [0.1, 0.15) is 11.7 Å². The number of nitrogens with one attached hydrogen (secondary N) is 1. The SMILES string of the molecule is O=C(COc1ccc(Br)cc1)NCC(O)c1ccc(Cl)cc1Cl. The Bertz CT molecular complexity index is 680. The second-order valence-electron chi connectivity index (χ2n) is 4.73. The molecule has 0 fully saturated rings. The number of carbonyl (C=O) groups excluding carboxylic acids is 1. The quantitative estimate of drug-likeness (QED) is 0.745. The molecule has 0 bridgehead atoms. The van der Waals surface area contributed by atoms with Gasteiger partial charge < -0.3 is 15.2 Å². The summed E-state index contributed by atoms with van der Waals surface area (Å²) in [7, 11) is 0. The molecule has 0 radical (unpaired) electrons. The molecule has 122 valence electrons. The van der Waals surface area contributed by atoms with Gasteiger partial charge in [0.1, 0.15) is 5.75 Å². The Hall–Kier alpha value is -1.27. The van der Waals surface area contributed by atoms with Crippen LogP contribution in [-0.4, -0.2) is 24.2 Å². The molecular weight excluding hydrogens is 405 g/mol. The lowest BCUT2D eigenvalue weighted by Gasteiger charge is -2.14. The van der Waals surface area contributed by atoms with Crippen molar-refractivity contribution in [1.82, 2.24) is 5.32 Å². The number of benzene rings is 2. The summed E-state index contributed by atoms with van der Waals surface area (Å²) in [5.74, 6) is 0.252. The molecule has 0 saturated carbocycles. The van der Waals surface area contributed by atoms with Gasteiger partial charge in [-0.25, -0.2) is 0 Å². The Morgan fingerprint density at radius 3 is 2.57 bits per heavy atom. The molecule has 0 spiro atoms. The van der Waals surface area contributed by atoms with Gasteiger partial charge >= 0.3 is 0 Å². The van der Waals surface area contributed by atoms with Crippen LogP contribution in [0, 0.1) is 0 Å². The van der Waals surface area contributed by atoms with Crippen LogP contribution in [0.25, 0.3) is 0 Å². The Morgan fingerprint density at radius 1 is 1.22 bits per heavy atom. The van der Waals surface area contributed by atoms with Gasteiger partial charge in [-0.3, -0.25) is 4.79 Å². The summed E-state index contributed by atoms with van der Waals surface area (Å²) in [6.45, 7) is -0.105. The van der Waals surface area contributed by atoms with E-state index in [0.717, 1.165) is 4.47 Å². The minimum atomic E-state index is -0.920.